The molecule has 0 radical (unpaired) electrons. The van der Waals surface area contributed by atoms with Gasteiger partial charge in [-0.1, -0.05) is 6.07 Å². The summed E-state index contributed by atoms with van der Waals surface area (Å²) in [6.07, 6.45) is 5.67. The topological polar surface area (TPSA) is 110 Å². The fourth-order valence-corrected chi connectivity index (χ4v) is 2.65. The summed E-state index contributed by atoms with van der Waals surface area (Å²) in [6, 6.07) is 8.51. The Morgan fingerprint density at radius 2 is 1.88 bits per heavy atom. The van der Waals surface area contributed by atoms with Gasteiger partial charge in [-0.2, -0.15) is 5.10 Å². The second-order valence-electron chi connectivity index (χ2n) is 5.69. The molecule has 7 nitrogen and oxygen atoms in total. The Morgan fingerprint density at radius 3 is 2.69 bits per heavy atom. The van der Waals surface area contributed by atoms with Crippen molar-refractivity contribution < 1.29 is 9.18 Å². The highest BCUT2D eigenvalue weighted by atomic mass is 19.1. The molecule has 1 amide bonds. The minimum absolute atomic E-state index is 0.197. The molecule has 0 aliphatic rings. The molecule has 3 heterocycles. The average molecular weight is 348 g/mol. The first-order chi connectivity index (χ1) is 12.6. The number of aromatic amines is 1. The van der Waals surface area contributed by atoms with E-state index < -0.39 is 11.7 Å². The van der Waals surface area contributed by atoms with Gasteiger partial charge in [0.2, 0.25) is 0 Å². The number of nitrogens with one attached hydrogen (secondary N) is 2. The number of rotatable bonds is 3. The minimum Gasteiger partial charge on any atom is -0.397 e. The zero-order chi connectivity index (χ0) is 18.1. The maximum Gasteiger partial charge on any atom is 0.276 e. The van der Waals surface area contributed by atoms with Crippen molar-refractivity contribution in [1.82, 2.24) is 20.2 Å². The number of hydrogen-bond acceptors (Lipinski definition) is 5. The summed E-state index contributed by atoms with van der Waals surface area (Å²) in [6.45, 7) is 0. The maximum atomic E-state index is 13.2. The van der Waals surface area contributed by atoms with E-state index in [1.54, 1.807) is 18.5 Å². The SMILES string of the molecule is Nc1cncc(-c2ccc3[nH]nc(C(=O)Nc4cncc(F)c4)c3c2)c1. The van der Waals surface area contributed by atoms with Crippen LogP contribution in [0.2, 0.25) is 0 Å². The fourth-order valence-electron chi connectivity index (χ4n) is 2.65. The van der Waals surface area contributed by atoms with Gasteiger partial charge in [-0.05, 0) is 23.8 Å². The van der Waals surface area contributed by atoms with Crippen LogP contribution in [0.4, 0.5) is 15.8 Å². The predicted molar refractivity (Wildman–Crippen MR) is 95.9 cm³/mol. The number of halogens is 1. The Kier molecular flexibility index (Phi) is 3.77. The van der Waals surface area contributed by atoms with Gasteiger partial charge < -0.3 is 11.1 Å². The van der Waals surface area contributed by atoms with Crippen molar-refractivity contribution in [2.45, 2.75) is 0 Å². The van der Waals surface area contributed by atoms with E-state index in [2.05, 4.69) is 25.5 Å². The van der Waals surface area contributed by atoms with E-state index in [0.717, 1.165) is 17.3 Å². The molecule has 0 saturated heterocycles. The standard InChI is InChI=1S/C18H13FN6O/c19-12-5-14(9-22-7-12)23-18(26)17-15-4-10(1-2-16(15)24-25-17)11-3-13(20)8-21-6-11/h1-9H,20H2,(H,23,26)(H,24,25). The molecule has 3 aromatic heterocycles. The monoisotopic (exact) mass is 348 g/mol. The number of pyridine rings is 2. The molecule has 0 fully saturated rings. The van der Waals surface area contributed by atoms with E-state index in [1.807, 2.05) is 18.2 Å². The third-order valence-corrected chi connectivity index (χ3v) is 3.83. The molecule has 4 N–H and O–H groups in total. The normalized spacial score (nSPS) is 10.8. The lowest BCUT2D eigenvalue weighted by Gasteiger charge is -2.05. The molecule has 0 saturated carbocycles. The number of H-pyrrole nitrogens is 1. The Hall–Kier alpha value is -3.81. The van der Waals surface area contributed by atoms with Crippen molar-refractivity contribution in [3.63, 3.8) is 0 Å². The van der Waals surface area contributed by atoms with Gasteiger partial charge in [-0.3, -0.25) is 19.9 Å². The molecule has 26 heavy (non-hydrogen) atoms. The molecule has 0 spiro atoms. The van der Waals surface area contributed by atoms with Crippen molar-refractivity contribution in [3.8, 4) is 11.1 Å². The second-order valence-corrected chi connectivity index (χ2v) is 5.69. The van der Waals surface area contributed by atoms with Crippen LogP contribution < -0.4 is 11.1 Å². The van der Waals surface area contributed by atoms with Gasteiger partial charge >= 0.3 is 0 Å². The molecule has 0 aliphatic heterocycles. The van der Waals surface area contributed by atoms with Crippen LogP contribution in [0, 0.1) is 5.82 Å². The van der Waals surface area contributed by atoms with Crippen molar-refractivity contribution in [3.05, 3.63) is 66.6 Å². The number of carbonyl (C=O) groups is 1. The quantitative estimate of drug-likeness (QED) is 0.527. The van der Waals surface area contributed by atoms with Gasteiger partial charge in [-0.15, -0.1) is 0 Å². The van der Waals surface area contributed by atoms with E-state index >= 15 is 0 Å². The van der Waals surface area contributed by atoms with Crippen LogP contribution in [0.5, 0.6) is 0 Å². The van der Waals surface area contributed by atoms with Crippen molar-refractivity contribution in [2.75, 3.05) is 11.1 Å². The highest BCUT2D eigenvalue weighted by Crippen LogP contribution is 2.26. The van der Waals surface area contributed by atoms with Crippen LogP contribution in [-0.2, 0) is 0 Å². The highest BCUT2D eigenvalue weighted by molar-refractivity contribution is 6.11. The Morgan fingerprint density at radius 1 is 1.04 bits per heavy atom. The lowest BCUT2D eigenvalue weighted by molar-refractivity contribution is 0.102. The van der Waals surface area contributed by atoms with Crippen LogP contribution in [0.25, 0.3) is 22.0 Å². The Labute approximate surface area is 147 Å². The maximum absolute atomic E-state index is 13.2. The summed E-state index contributed by atoms with van der Waals surface area (Å²) in [5.74, 6) is -1.00. The predicted octanol–water partition coefficient (Wildman–Crippen LogP) is 2.99. The largest absolute Gasteiger partial charge is 0.397 e. The molecule has 0 unspecified atom stereocenters. The Balaban J connectivity index is 1.71. The zero-order valence-electron chi connectivity index (χ0n) is 13.4. The van der Waals surface area contributed by atoms with Gasteiger partial charge in [0, 0.05) is 29.4 Å². The van der Waals surface area contributed by atoms with Crippen molar-refractivity contribution >= 4 is 28.2 Å². The number of aromatic nitrogens is 4. The third-order valence-electron chi connectivity index (χ3n) is 3.83. The number of hydrogen-bond donors (Lipinski definition) is 3. The van der Waals surface area contributed by atoms with Crippen LogP contribution in [-0.4, -0.2) is 26.1 Å². The van der Waals surface area contributed by atoms with Crippen molar-refractivity contribution in [2.24, 2.45) is 0 Å². The number of nitrogens with zero attached hydrogens (tertiary/aromatic N) is 3. The fraction of sp³-hybridized carbons (Fsp3) is 0. The number of nitrogens with two attached hydrogens (primary N) is 1. The molecule has 0 bridgehead atoms. The van der Waals surface area contributed by atoms with E-state index in [4.69, 9.17) is 5.73 Å². The summed E-state index contributed by atoms with van der Waals surface area (Å²) < 4.78 is 13.2. The lowest BCUT2D eigenvalue weighted by atomic mass is 10.0. The third kappa shape index (κ3) is 2.95. The average Bonchev–Trinajstić information content (AvgIpc) is 3.05. The highest BCUT2D eigenvalue weighted by Gasteiger charge is 2.15. The number of carbonyl (C=O) groups excluding carboxylic acids is 1. The summed E-state index contributed by atoms with van der Waals surface area (Å²) in [5, 5.41) is 10.1. The van der Waals surface area contributed by atoms with E-state index in [9.17, 15) is 9.18 Å². The molecule has 0 aliphatic carbocycles. The molecule has 0 atom stereocenters. The van der Waals surface area contributed by atoms with Crippen LogP contribution in [0.1, 0.15) is 10.5 Å². The van der Waals surface area contributed by atoms with Gasteiger partial charge in [0.05, 0.1) is 29.3 Å². The number of fused-ring (bicyclic) bond motifs is 1. The van der Waals surface area contributed by atoms with Crippen LogP contribution in [0.3, 0.4) is 0 Å². The lowest BCUT2D eigenvalue weighted by Crippen LogP contribution is -2.13. The number of benzene rings is 1. The van der Waals surface area contributed by atoms with E-state index in [1.165, 1.54) is 12.3 Å². The number of nitrogen functional groups attached to an aromatic ring is 1. The molecule has 4 aromatic rings. The zero-order valence-corrected chi connectivity index (χ0v) is 13.4. The van der Waals surface area contributed by atoms with E-state index in [0.29, 0.717) is 16.6 Å². The van der Waals surface area contributed by atoms with Gasteiger partial charge in [0.1, 0.15) is 5.82 Å². The first-order valence-corrected chi connectivity index (χ1v) is 7.71. The molecular formula is C18H13FN6O. The second kappa shape index (κ2) is 6.25. The number of amides is 1. The summed E-state index contributed by atoms with van der Waals surface area (Å²) >= 11 is 0. The molecule has 1 aromatic carbocycles. The summed E-state index contributed by atoms with van der Waals surface area (Å²) in [7, 11) is 0. The molecule has 4 rings (SSSR count). The minimum atomic E-state index is -0.536. The molecular weight excluding hydrogens is 335 g/mol. The summed E-state index contributed by atoms with van der Waals surface area (Å²) in [4.78, 5) is 20.3. The molecule has 8 heteroatoms. The first kappa shape index (κ1) is 15.7. The van der Waals surface area contributed by atoms with Gasteiger partial charge in [0.25, 0.3) is 5.91 Å². The smallest absolute Gasteiger partial charge is 0.276 e. The van der Waals surface area contributed by atoms with Gasteiger partial charge in [0.15, 0.2) is 5.69 Å². The van der Waals surface area contributed by atoms with Crippen LogP contribution >= 0.6 is 0 Å². The molecule has 128 valence electrons. The van der Waals surface area contributed by atoms with Crippen LogP contribution in [0.15, 0.2) is 55.1 Å². The Bertz CT molecular complexity index is 1120. The van der Waals surface area contributed by atoms with Gasteiger partial charge in [-0.25, -0.2) is 4.39 Å². The van der Waals surface area contributed by atoms with Crippen molar-refractivity contribution in [1.29, 1.82) is 0 Å². The summed E-state index contributed by atoms with van der Waals surface area (Å²) in [5.41, 5.74) is 9.16. The first-order valence-electron chi connectivity index (χ1n) is 7.71. The number of anilines is 2. The van der Waals surface area contributed by atoms with E-state index in [-0.39, 0.29) is 11.4 Å².